The lowest BCUT2D eigenvalue weighted by Crippen LogP contribution is -2.35. The Morgan fingerprint density at radius 3 is 2.53 bits per heavy atom. The third-order valence-corrected chi connectivity index (χ3v) is 7.53. The van der Waals surface area contributed by atoms with Crippen LogP contribution in [-0.4, -0.2) is 6.54 Å². The van der Waals surface area contributed by atoms with Crippen LogP contribution in [-0.2, 0) is 6.54 Å². The monoisotopic (exact) mass is 493 g/mol. The highest BCUT2D eigenvalue weighted by atomic mass is 32.1. The van der Waals surface area contributed by atoms with Gasteiger partial charge in [0.1, 0.15) is 4.70 Å². The third kappa shape index (κ3) is 5.14. The minimum absolute atomic E-state index is 0.852. The van der Waals surface area contributed by atoms with Gasteiger partial charge in [0.25, 0.3) is 5.01 Å². The normalized spacial score (nSPS) is 14.7. The summed E-state index contributed by atoms with van der Waals surface area (Å²) in [7, 11) is 0. The molecular weight excluding hydrogens is 460 g/mol. The average Bonchev–Trinajstić information content (AvgIpc) is 3.42. The van der Waals surface area contributed by atoms with Gasteiger partial charge in [-0.2, -0.15) is 4.57 Å². The summed E-state index contributed by atoms with van der Waals surface area (Å²) in [5, 5.41) is 1.28. The van der Waals surface area contributed by atoms with Crippen LogP contribution in [0.25, 0.3) is 28.4 Å². The van der Waals surface area contributed by atoms with Crippen LogP contribution in [0.5, 0.6) is 5.75 Å². The van der Waals surface area contributed by atoms with E-state index in [1.807, 2.05) is 17.4 Å². The zero-order valence-corrected chi connectivity index (χ0v) is 22.1. The molecule has 3 nitrogen and oxygen atoms in total. The number of allylic oxidation sites excluding steroid dienone is 2. The molecule has 0 spiro atoms. The molecule has 5 rings (SSSR count). The van der Waals surface area contributed by atoms with E-state index < -0.39 is 0 Å². The number of benzene rings is 3. The summed E-state index contributed by atoms with van der Waals surface area (Å²) in [5.74, 6) is 1.79. The minimum atomic E-state index is 0.852. The molecule has 182 valence electrons. The van der Waals surface area contributed by atoms with Crippen molar-refractivity contribution >= 4 is 45.5 Å². The Kier molecular flexibility index (Phi) is 7.33. The maximum Gasteiger partial charge on any atom is 0.263 e. The molecule has 0 aliphatic carbocycles. The molecule has 0 N–H and O–H groups in total. The van der Waals surface area contributed by atoms with Crippen molar-refractivity contribution in [3.05, 3.63) is 106 Å². The largest absolute Gasteiger partial charge is 0.439 e. The molecule has 2 heterocycles. The molecule has 0 atom stereocenters. The average molecular weight is 494 g/mol. The Morgan fingerprint density at radius 1 is 0.944 bits per heavy atom. The molecule has 0 amide bonds. The molecule has 0 bridgehead atoms. The van der Waals surface area contributed by atoms with Crippen LogP contribution >= 0.6 is 11.3 Å². The number of aryl methyl sites for hydroxylation is 1. The van der Waals surface area contributed by atoms with Crippen molar-refractivity contribution in [3.8, 4) is 5.75 Å². The van der Waals surface area contributed by atoms with Crippen LogP contribution in [0.3, 0.4) is 0 Å². The highest BCUT2D eigenvalue weighted by Crippen LogP contribution is 2.40. The lowest BCUT2D eigenvalue weighted by molar-refractivity contribution is -0.669. The van der Waals surface area contributed by atoms with E-state index in [0.717, 1.165) is 36.0 Å². The first-order valence-electron chi connectivity index (χ1n) is 12.8. The second kappa shape index (κ2) is 11.0. The molecule has 4 heteroatoms. The number of ether oxygens (including phenoxy) is 1. The van der Waals surface area contributed by atoms with Crippen molar-refractivity contribution in [1.29, 1.82) is 0 Å². The number of nitrogens with zero attached hydrogens (tertiary/aromatic N) is 2. The predicted octanol–water partition coefficient (Wildman–Crippen LogP) is 8.32. The quantitative estimate of drug-likeness (QED) is 0.181. The van der Waals surface area contributed by atoms with E-state index in [0.29, 0.717) is 0 Å². The zero-order valence-electron chi connectivity index (χ0n) is 21.3. The van der Waals surface area contributed by atoms with Crippen molar-refractivity contribution in [3.63, 3.8) is 0 Å². The van der Waals surface area contributed by atoms with Crippen molar-refractivity contribution in [2.24, 2.45) is 0 Å². The first-order valence-corrected chi connectivity index (χ1v) is 13.6. The van der Waals surface area contributed by atoms with E-state index in [2.05, 4.69) is 121 Å². The molecule has 3 aromatic carbocycles. The van der Waals surface area contributed by atoms with Crippen molar-refractivity contribution in [2.45, 2.75) is 40.2 Å². The van der Waals surface area contributed by atoms with E-state index in [1.54, 1.807) is 0 Å². The summed E-state index contributed by atoms with van der Waals surface area (Å²) >= 11 is 1.86. The Morgan fingerprint density at radius 2 is 1.72 bits per heavy atom. The summed E-state index contributed by atoms with van der Waals surface area (Å²) in [6.07, 6.45) is 11.1. The first kappa shape index (κ1) is 24.1. The topological polar surface area (TPSA) is 16.4 Å². The summed E-state index contributed by atoms with van der Waals surface area (Å²) in [4.78, 5) is 2.24. The lowest BCUT2D eigenvalue weighted by Gasteiger charge is -2.15. The number of hydrogen-bond acceptors (Lipinski definition) is 3. The molecule has 0 radical (unpaired) electrons. The van der Waals surface area contributed by atoms with Gasteiger partial charge in [0.05, 0.1) is 5.69 Å². The fourth-order valence-corrected chi connectivity index (χ4v) is 5.75. The van der Waals surface area contributed by atoms with Crippen LogP contribution in [0, 0.1) is 0 Å². The van der Waals surface area contributed by atoms with Gasteiger partial charge in [-0.15, -0.1) is 0 Å². The van der Waals surface area contributed by atoms with Crippen molar-refractivity contribution < 1.29 is 9.30 Å². The fraction of sp³-hybridized carbons (Fsp3) is 0.219. The molecule has 0 unspecified atom stereocenters. The van der Waals surface area contributed by atoms with Gasteiger partial charge in [-0.25, -0.2) is 0 Å². The van der Waals surface area contributed by atoms with Gasteiger partial charge < -0.3 is 9.64 Å². The molecule has 1 aromatic heterocycles. The van der Waals surface area contributed by atoms with E-state index in [9.17, 15) is 0 Å². The van der Waals surface area contributed by atoms with Gasteiger partial charge in [0.2, 0.25) is 11.4 Å². The van der Waals surface area contributed by atoms with E-state index in [-0.39, 0.29) is 0 Å². The van der Waals surface area contributed by atoms with Crippen LogP contribution in [0.2, 0.25) is 0 Å². The third-order valence-electron chi connectivity index (χ3n) is 6.41. The maximum atomic E-state index is 6.37. The van der Waals surface area contributed by atoms with Gasteiger partial charge in [-0.05, 0) is 48.7 Å². The summed E-state index contributed by atoms with van der Waals surface area (Å²) in [6.45, 7) is 8.47. The fourth-order valence-electron chi connectivity index (χ4n) is 4.55. The lowest BCUT2D eigenvalue weighted by atomic mass is 10.1. The van der Waals surface area contributed by atoms with E-state index in [1.165, 1.54) is 39.2 Å². The SMILES string of the molecule is CCCC[n+]1c(/C=C(C)/C=C2/Oc3cc(/C=C/c4ccccc4)ccc3N2CC)sc2ccccc21. The maximum absolute atomic E-state index is 6.37. The van der Waals surface area contributed by atoms with Gasteiger partial charge in [0, 0.05) is 31.2 Å². The Labute approximate surface area is 218 Å². The van der Waals surface area contributed by atoms with Crippen molar-refractivity contribution in [2.75, 3.05) is 11.4 Å². The Hall–Kier alpha value is -3.63. The standard InChI is InChI=1S/C32H33N2OS/c1-4-6-20-34-28-14-10-11-15-30(28)36-32(34)22-24(3)21-31-33(5-2)27-19-18-26(23-29(27)35-31)17-16-25-12-8-7-9-13-25/h7-19,21-23H,4-6,20H2,1-3H3/q+1/b17-16+. The molecule has 1 aliphatic rings. The zero-order chi connectivity index (χ0) is 24.9. The van der Waals surface area contributed by atoms with Crippen LogP contribution in [0.15, 0.2) is 90.3 Å². The Bertz CT molecular complexity index is 1450. The molecular formula is C32H33N2OS+. The molecule has 0 saturated heterocycles. The summed E-state index contributed by atoms with van der Waals surface area (Å²) < 4.78 is 10.2. The molecule has 4 aromatic rings. The minimum Gasteiger partial charge on any atom is -0.439 e. The first-order chi connectivity index (χ1) is 17.7. The highest BCUT2D eigenvalue weighted by molar-refractivity contribution is 7.18. The Balaban J connectivity index is 1.41. The number of unbranched alkanes of at least 4 members (excludes halogenated alkanes) is 1. The van der Waals surface area contributed by atoms with E-state index in [4.69, 9.17) is 4.74 Å². The highest BCUT2D eigenvalue weighted by Gasteiger charge is 2.25. The summed E-state index contributed by atoms with van der Waals surface area (Å²) in [6, 6.07) is 25.5. The predicted molar refractivity (Wildman–Crippen MR) is 154 cm³/mol. The number of hydrogen-bond donors (Lipinski definition) is 0. The number of fused-ring (bicyclic) bond motifs is 2. The van der Waals surface area contributed by atoms with Gasteiger partial charge in [-0.3, -0.25) is 0 Å². The smallest absolute Gasteiger partial charge is 0.263 e. The van der Waals surface area contributed by atoms with Gasteiger partial charge >= 0.3 is 0 Å². The molecule has 0 saturated carbocycles. The number of aromatic nitrogens is 1. The van der Waals surface area contributed by atoms with Gasteiger partial charge in [-0.1, -0.05) is 85.4 Å². The number of rotatable bonds is 8. The number of thiazole rings is 1. The number of anilines is 1. The van der Waals surface area contributed by atoms with Crippen LogP contribution < -0.4 is 14.2 Å². The van der Waals surface area contributed by atoms with Crippen LogP contribution in [0.4, 0.5) is 5.69 Å². The van der Waals surface area contributed by atoms with E-state index >= 15 is 0 Å². The molecule has 36 heavy (non-hydrogen) atoms. The van der Waals surface area contributed by atoms with Gasteiger partial charge in [0.15, 0.2) is 12.3 Å². The van der Waals surface area contributed by atoms with Crippen LogP contribution in [0.1, 0.15) is 49.7 Å². The van der Waals surface area contributed by atoms with Crippen molar-refractivity contribution in [1.82, 2.24) is 0 Å². The number of para-hydroxylation sites is 1. The summed E-state index contributed by atoms with van der Waals surface area (Å²) in [5.41, 5.74) is 5.93. The molecule has 0 fully saturated rings. The second-order valence-corrected chi connectivity index (χ2v) is 10.2. The second-order valence-electron chi connectivity index (χ2n) is 9.10. The molecule has 1 aliphatic heterocycles.